The van der Waals surface area contributed by atoms with Crippen molar-refractivity contribution in [3.05, 3.63) is 73.4 Å². The average molecular weight is 411 g/mol. The van der Waals surface area contributed by atoms with Gasteiger partial charge in [-0.1, -0.05) is 23.7 Å². The van der Waals surface area contributed by atoms with Gasteiger partial charge in [0, 0.05) is 27.1 Å². The lowest BCUT2D eigenvalue weighted by molar-refractivity contribution is 0.0740. The van der Waals surface area contributed by atoms with Crippen molar-refractivity contribution in [3.8, 4) is 5.75 Å². The van der Waals surface area contributed by atoms with Crippen LogP contribution in [0.1, 0.15) is 32.8 Å². The highest BCUT2D eigenvalue weighted by Crippen LogP contribution is 2.37. The van der Waals surface area contributed by atoms with Crippen LogP contribution in [-0.2, 0) is 12.8 Å². The highest BCUT2D eigenvalue weighted by molar-refractivity contribution is 7.21. The molecule has 0 amide bonds. The number of benzene rings is 2. The molecule has 1 aliphatic rings. The number of fused-ring (bicyclic) bond motifs is 4. The van der Waals surface area contributed by atoms with Crippen molar-refractivity contribution in [2.45, 2.75) is 26.2 Å². The molecule has 4 aromatic rings. The highest BCUT2D eigenvalue weighted by Gasteiger charge is 2.22. The van der Waals surface area contributed by atoms with Crippen molar-refractivity contribution >= 4 is 50.0 Å². The predicted molar refractivity (Wildman–Crippen MR) is 111 cm³/mol. The molecule has 0 atom stereocenters. The summed E-state index contributed by atoms with van der Waals surface area (Å²) < 4.78 is 11.9. The summed E-state index contributed by atoms with van der Waals surface area (Å²) in [5, 5.41) is 2.14. The van der Waals surface area contributed by atoms with E-state index in [9.17, 15) is 9.59 Å². The normalized spacial score (nSPS) is 13.2. The molecule has 2 aromatic heterocycles. The Bertz CT molecular complexity index is 1330. The van der Waals surface area contributed by atoms with Crippen LogP contribution in [0.3, 0.4) is 0 Å². The van der Waals surface area contributed by atoms with Gasteiger partial charge in [-0.3, -0.25) is 0 Å². The first kappa shape index (κ1) is 17.5. The number of ether oxygens (including phenoxy) is 1. The molecule has 2 heterocycles. The third-order valence-electron chi connectivity index (χ3n) is 5.13. The Morgan fingerprint density at radius 2 is 1.89 bits per heavy atom. The van der Waals surface area contributed by atoms with Gasteiger partial charge in [-0.15, -0.1) is 11.3 Å². The van der Waals surface area contributed by atoms with Crippen LogP contribution in [0.2, 0.25) is 5.02 Å². The van der Waals surface area contributed by atoms with Gasteiger partial charge in [0.25, 0.3) is 0 Å². The average Bonchev–Trinajstić information content (AvgIpc) is 3.27. The molecule has 0 saturated carbocycles. The fourth-order valence-corrected chi connectivity index (χ4v) is 5.27. The van der Waals surface area contributed by atoms with E-state index in [0.29, 0.717) is 21.2 Å². The summed E-state index contributed by atoms with van der Waals surface area (Å²) in [6.07, 6.45) is 2.58. The van der Waals surface area contributed by atoms with Gasteiger partial charge >= 0.3 is 11.6 Å². The maximum absolute atomic E-state index is 12.7. The lowest BCUT2D eigenvalue weighted by Gasteiger charge is -2.07. The maximum atomic E-state index is 12.7. The van der Waals surface area contributed by atoms with Gasteiger partial charge in [0.1, 0.15) is 16.2 Å². The molecule has 6 heteroatoms. The highest BCUT2D eigenvalue weighted by atomic mass is 35.5. The molecule has 0 aliphatic heterocycles. The van der Waals surface area contributed by atoms with E-state index in [1.807, 2.05) is 31.2 Å². The third-order valence-corrected chi connectivity index (χ3v) is 6.76. The molecule has 0 fully saturated rings. The number of hydrogen-bond donors (Lipinski definition) is 0. The molecule has 0 saturated heterocycles. The number of esters is 1. The molecule has 1 aliphatic carbocycles. The second-order valence-electron chi connectivity index (χ2n) is 6.99. The van der Waals surface area contributed by atoms with Gasteiger partial charge in [0.2, 0.25) is 0 Å². The second-order valence-corrected chi connectivity index (χ2v) is 8.42. The van der Waals surface area contributed by atoms with E-state index < -0.39 is 5.97 Å². The largest absolute Gasteiger partial charge is 0.422 e. The fourth-order valence-electron chi connectivity index (χ4n) is 3.78. The molecule has 0 radical (unpaired) electrons. The Balaban J connectivity index is 1.52. The number of halogens is 1. The van der Waals surface area contributed by atoms with Gasteiger partial charge in [0.15, 0.2) is 0 Å². The van der Waals surface area contributed by atoms with Gasteiger partial charge in [-0.2, -0.15) is 0 Å². The van der Waals surface area contributed by atoms with Gasteiger partial charge < -0.3 is 9.15 Å². The fraction of sp³-hybridized carbons (Fsp3) is 0.182. The summed E-state index contributed by atoms with van der Waals surface area (Å²) in [7, 11) is 0. The van der Waals surface area contributed by atoms with E-state index in [1.165, 1.54) is 11.3 Å². The van der Waals surface area contributed by atoms with Crippen molar-refractivity contribution in [3.63, 3.8) is 0 Å². The van der Waals surface area contributed by atoms with E-state index in [0.717, 1.165) is 51.4 Å². The van der Waals surface area contributed by atoms with E-state index in [4.69, 9.17) is 20.8 Å². The quantitative estimate of drug-likeness (QED) is 0.242. The van der Waals surface area contributed by atoms with Crippen LogP contribution in [0.25, 0.3) is 21.1 Å². The Labute approximate surface area is 169 Å². The number of rotatable bonds is 2. The number of aryl methyl sites for hydroxylation is 2. The van der Waals surface area contributed by atoms with Crippen LogP contribution in [0.15, 0.2) is 45.6 Å². The van der Waals surface area contributed by atoms with E-state index >= 15 is 0 Å². The summed E-state index contributed by atoms with van der Waals surface area (Å²) in [6.45, 7) is 1.99. The Morgan fingerprint density at radius 1 is 1.11 bits per heavy atom. The Hall–Kier alpha value is -2.63. The lowest BCUT2D eigenvalue weighted by atomic mass is 10.1. The maximum Gasteiger partial charge on any atom is 0.355 e. The van der Waals surface area contributed by atoms with Crippen LogP contribution < -0.4 is 10.4 Å². The third kappa shape index (κ3) is 2.74. The molecule has 28 heavy (non-hydrogen) atoms. The summed E-state index contributed by atoms with van der Waals surface area (Å²) in [5.41, 5.74) is 3.06. The van der Waals surface area contributed by atoms with Crippen molar-refractivity contribution in [2.24, 2.45) is 0 Å². The topological polar surface area (TPSA) is 56.5 Å². The van der Waals surface area contributed by atoms with E-state index in [-0.39, 0.29) is 5.63 Å². The van der Waals surface area contributed by atoms with Crippen LogP contribution in [-0.4, -0.2) is 5.97 Å². The molecular formula is C22H15ClO4S. The zero-order valence-corrected chi connectivity index (χ0v) is 16.6. The minimum Gasteiger partial charge on any atom is -0.422 e. The van der Waals surface area contributed by atoms with Crippen molar-refractivity contribution in [2.75, 3.05) is 0 Å². The number of carbonyl (C=O) groups excluding carboxylic acids is 1. The molecule has 5 rings (SSSR count). The van der Waals surface area contributed by atoms with Crippen LogP contribution in [0.4, 0.5) is 0 Å². The van der Waals surface area contributed by atoms with Crippen LogP contribution in [0, 0.1) is 6.92 Å². The van der Waals surface area contributed by atoms with Crippen molar-refractivity contribution < 1.29 is 13.9 Å². The molecular weight excluding hydrogens is 396 g/mol. The second kappa shape index (κ2) is 6.47. The van der Waals surface area contributed by atoms with Crippen LogP contribution in [0.5, 0.6) is 5.75 Å². The summed E-state index contributed by atoms with van der Waals surface area (Å²) in [5.74, 6) is -0.199. The zero-order valence-electron chi connectivity index (χ0n) is 15.0. The first-order valence-electron chi connectivity index (χ1n) is 9.01. The van der Waals surface area contributed by atoms with Crippen LogP contribution >= 0.6 is 22.9 Å². The minimum absolute atomic E-state index is 0.300. The zero-order chi connectivity index (χ0) is 19.4. The monoisotopic (exact) mass is 410 g/mol. The molecule has 0 spiro atoms. The summed E-state index contributed by atoms with van der Waals surface area (Å²) >= 11 is 7.71. The number of thiophene rings is 1. The standard InChI is InChI=1S/C22H15ClO4S/c1-11-5-7-16-18(9-11)28-20(19(16)23)22(25)26-12-6-8-14-13-3-2-4-15(13)21(24)27-17(14)10-12/h5-10H,2-4H2,1H3. The molecule has 0 unspecified atom stereocenters. The molecule has 0 bridgehead atoms. The summed E-state index contributed by atoms with van der Waals surface area (Å²) in [4.78, 5) is 25.2. The first-order valence-corrected chi connectivity index (χ1v) is 10.2. The smallest absolute Gasteiger partial charge is 0.355 e. The van der Waals surface area contributed by atoms with E-state index in [1.54, 1.807) is 12.1 Å². The Morgan fingerprint density at radius 3 is 2.75 bits per heavy atom. The number of hydrogen-bond acceptors (Lipinski definition) is 5. The molecule has 2 aromatic carbocycles. The SMILES string of the molecule is Cc1ccc2c(Cl)c(C(=O)Oc3ccc4c5c(c(=O)oc4c3)CCC5)sc2c1. The lowest BCUT2D eigenvalue weighted by Crippen LogP contribution is -2.08. The number of carbonyl (C=O) groups is 1. The van der Waals surface area contributed by atoms with Crippen molar-refractivity contribution in [1.29, 1.82) is 0 Å². The van der Waals surface area contributed by atoms with Gasteiger partial charge in [-0.05, 0) is 55.5 Å². The summed E-state index contributed by atoms with van der Waals surface area (Å²) in [6, 6.07) is 11.0. The molecule has 0 N–H and O–H groups in total. The van der Waals surface area contributed by atoms with Crippen molar-refractivity contribution in [1.82, 2.24) is 0 Å². The Kier molecular flexibility index (Phi) is 4.03. The van der Waals surface area contributed by atoms with Gasteiger partial charge in [-0.25, -0.2) is 9.59 Å². The molecule has 140 valence electrons. The van der Waals surface area contributed by atoms with Gasteiger partial charge in [0.05, 0.1) is 5.02 Å². The molecule has 4 nitrogen and oxygen atoms in total. The van der Waals surface area contributed by atoms with E-state index in [2.05, 4.69) is 0 Å². The first-order chi connectivity index (χ1) is 13.5. The minimum atomic E-state index is -0.522. The predicted octanol–water partition coefficient (Wildman–Crippen LogP) is 5.68.